The van der Waals surface area contributed by atoms with E-state index < -0.39 is 0 Å². The van der Waals surface area contributed by atoms with E-state index >= 15 is 0 Å². The lowest BCUT2D eigenvalue weighted by Crippen LogP contribution is -2.50. The number of nitrogens with two attached hydrogens (primary N) is 1. The van der Waals surface area contributed by atoms with Crippen molar-refractivity contribution in [1.29, 1.82) is 0 Å². The number of rotatable bonds is 2. The molecule has 0 aliphatic carbocycles. The van der Waals surface area contributed by atoms with E-state index in [-0.39, 0.29) is 6.03 Å². The number of carbonyl (C=O) groups excluding carboxylic acids is 1. The molecule has 21 heavy (non-hydrogen) atoms. The van der Waals surface area contributed by atoms with E-state index in [1.54, 1.807) is 4.90 Å². The second-order valence-electron chi connectivity index (χ2n) is 5.06. The summed E-state index contributed by atoms with van der Waals surface area (Å²) in [4.78, 5) is 14.9. The van der Waals surface area contributed by atoms with Crippen molar-refractivity contribution in [2.75, 3.05) is 31.1 Å². The van der Waals surface area contributed by atoms with Gasteiger partial charge >= 0.3 is 6.03 Å². The van der Waals surface area contributed by atoms with Crippen LogP contribution in [0.1, 0.15) is 5.69 Å². The van der Waals surface area contributed by atoms with E-state index in [4.69, 9.17) is 5.73 Å². The summed E-state index contributed by atoms with van der Waals surface area (Å²) in [5.74, 6) is 0.864. The summed E-state index contributed by atoms with van der Waals surface area (Å²) in [5, 5.41) is 8.52. The molecule has 0 radical (unpaired) electrons. The first-order chi connectivity index (χ1) is 10.2. The molecule has 0 atom stereocenters. The van der Waals surface area contributed by atoms with E-state index in [1.807, 2.05) is 41.9 Å². The van der Waals surface area contributed by atoms with Crippen LogP contribution in [-0.2, 0) is 0 Å². The fourth-order valence-electron chi connectivity index (χ4n) is 2.57. The number of amides is 2. The molecule has 1 aliphatic heterocycles. The van der Waals surface area contributed by atoms with Crippen molar-refractivity contribution >= 4 is 11.8 Å². The summed E-state index contributed by atoms with van der Waals surface area (Å²) in [6.07, 6.45) is 0. The lowest BCUT2D eigenvalue weighted by molar-refractivity contribution is 0.204. The normalized spacial score (nSPS) is 15.3. The Morgan fingerprint density at radius 2 is 1.81 bits per heavy atom. The predicted octanol–water partition coefficient (Wildman–Crippen LogP) is 0.776. The van der Waals surface area contributed by atoms with Crippen LogP contribution in [0.25, 0.3) is 5.69 Å². The number of nitrogens with zero attached hydrogens (tertiary/aromatic N) is 5. The van der Waals surface area contributed by atoms with Crippen LogP contribution in [0.15, 0.2) is 30.3 Å². The molecule has 2 amide bonds. The van der Waals surface area contributed by atoms with Gasteiger partial charge < -0.3 is 15.5 Å². The Bertz CT molecular complexity index is 630. The fraction of sp³-hybridized carbons (Fsp3) is 0.357. The molecule has 1 fully saturated rings. The van der Waals surface area contributed by atoms with Gasteiger partial charge in [0.15, 0.2) is 5.82 Å². The van der Waals surface area contributed by atoms with E-state index in [2.05, 4.69) is 15.2 Å². The lowest BCUT2D eigenvalue weighted by Gasteiger charge is -2.33. The first kappa shape index (κ1) is 13.4. The van der Waals surface area contributed by atoms with Crippen LogP contribution < -0.4 is 10.6 Å². The summed E-state index contributed by atoms with van der Waals surface area (Å²) in [7, 11) is 0. The molecule has 0 spiro atoms. The number of piperazine rings is 1. The zero-order chi connectivity index (χ0) is 14.8. The minimum atomic E-state index is -0.362. The average molecular weight is 286 g/mol. The number of para-hydroxylation sites is 1. The lowest BCUT2D eigenvalue weighted by atomic mass is 10.3. The molecule has 2 N–H and O–H groups in total. The van der Waals surface area contributed by atoms with Crippen molar-refractivity contribution in [3.63, 3.8) is 0 Å². The third-order valence-corrected chi connectivity index (χ3v) is 3.76. The van der Waals surface area contributed by atoms with E-state index in [0.717, 1.165) is 30.3 Å². The summed E-state index contributed by atoms with van der Waals surface area (Å²) < 4.78 is 1.83. The van der Waals surface area contributed by atoms with Gasteiger partial charge in [-0.05, 0) is 19.1 Å². The van der Waals surface area contributed by atoms with Crippen LogP contribution in [0.5, 0.6) is 0 Å². The highest BCUT2D eigenvalue weighted by molar-refractivity contribution is 5.72. The molecule has 0 saturated carbocycles. The van der Waals surface area contributed by atoms with Gasteiger partial charge in [-0.1, -0.05) is 23.4 Å². The van der Waals surface area contributed by atoms with Crippen LogP contribution in [0.4, 0.5) is 10.6 Å². The van der Waals surface area contributed by atoms with Crippen molar-refractivity contribution < 1.29 is 4.79 Å². The molecule has 2 aromatic rings. The number of carbonyl (C=O) groups is 1. The Kier molecular flexibility index (Phi) is 3.47. The second kappa shape index (κ2) is 5.43. The van der Waals surface area contributed by atoms with Crippen molar-refractivity contribution in [1.82, 2.24) is 19.9 Å². The monoisotopic (exact) mass is 286 g/mol. The molecule has 3 rings (SSSR count). The standard InChI is InChI=1S/C14H18N6O/c1-11-13(18-7-9-19(10-8-18)14(15)21)16-17-20(11)12-5-3-2-4-6-12/h2-6H,7-10H2,1H3,(H2,15,21). The molecule has 1 saturated heterocycles. The smallest absolute Gasteiger partial charge is 0.314 e. The van der Waals surface area contributed by atoms with Gasteiger partial charge in [0.1, 0.15) is 0 Å². The Morgan fingerprint density at radius 3 is 2.43 bits per heavy atom. The number of hydrogen-bond acceptors (Lipinski definition) is 4. The number of anilines is 1. The highest BCUT2D eigenvalue weighted by Gasteiger charge is 2.23. The quantitative estimate of drug-likeness (QED) is 0.884. The largest absolute Gasteiger partial charge is 0.351 e. The van der Waals surface area contributed by atoms with Gasteiger partial charge in [0, 0.05) is 26.2 Å². The number of aromatic nitrogens is 3. The molecule has 1 aliphatic rings. The first-order valence-corrected chi connectivity index (χ1v) is 6.94. The Morgan fingerprint density at radius 1 is 1.14 bits per heavy atom. The van der Waals surface area contributed by atoms with Crippen LogP contribution in [-0.4, -0.2) is 52.1 Å². The van der Waals surface area contributed by atoms with E-state index in [0.29, 0.717) is 13.1 Å². The molecular formula is C14H18N6O. The van der Waals surface area contributed by atoms with Crippen molar-refractivity contribution in [2.45, 2.75) is 6.92 Å². The van der Waals surface area contributed by atoms with Crippen molar-refractivity contribution in [3.8, 4) is 5.69 Å². The molecule has 1 aromatic heterocycles. The molecule has 110 valence electrons. The molecular weight excluding hydrogens is 268 g/mol. The topological polar surface area (TPSA) is 80.3 Å². The molecule has 7 heteroatoms. The first-order valence-electron chi connectivity index (χ1n) is 6.94. The fourth-order valence-corrected chi connectivity index (χ4v) is 2.57. The Labute approximate surface area is 122 Å². The maximum absolute atomic E-state index is 11.2. The average Bonchev–Trinajstić information content (AvgIpc) is 2.90. The maximum Gasteiger partial charge on any atom is 0.314 e. The van der Waals surface area contributed by atoms with E-state index in [1.165, 1.54) is 0 Å². The highest BCUT2D eigenvalue weighted by Crippen LogP contribution is 2.20. The van der Waals surface area contributed by atoms with Crippen molar-refractivity contribution in [2.24, 2.45) is 5.73 Å². The zero-order valence-electron chi connectivity index (χ0n) is 11.9. The predicted molar refractivity (Wildman–Crippen MR) is 79.5 cm³/mol. The summed E-state index contributed by atoms with van der Waals surface area (Å²) in [6, 6.07) is 9.55. The Hall–Kier alpha value is -2.57. The molecule has 7 nitrogen and oxygen atoms in total. The van der Waals surface area contributed by atoms with Gasteiger partial charge in [-0.15, -0.1) is 5.10 Å². The molecule has 0 bridgehead atoms. The van der Waals surface area contributed by atoms with Gasteiger partial charge in [-0.3, -0.25) is 0 Å². The van der Waals surface area contributed by atoms with Gasteiger partial charge in [0.2, 0.25) is 0 Å². The molecule has 1 aromatic carbocycles. The summed E-state index contributed by atoms with van der Waals surface area (Å²) in [5.41, 5.74) is 7.28. The number of hydrogen-bond donors (Lipinski definition) is 1. The van der Waals surface area contributed by atoms with E-state index in [9.17, 15) is 4.79 Å². The van der Waals surface area contributed by atoms with Gasteiger partial charge in [0.05, 0.1) is 11.4 Å². The zero-order valence-corrected chi connectivity index (χ0v) is 11.9. The summed E-state index contributed by atoms with van der Waals surface area (Å²) >= 11 is 0. The van der Waals surface area contributed by atoms with Gasteiger partial charge in [-0.25, -0.2) is 9.48 Å². The number of benzene rings is 1. The second-order valence-corrected chi connectivity index (χ2v) is 5.06. The number of primary amides is 1. The SMILES string of the molecule is Cc1c(N2CCN(C(N)=O)CC2)nnn1-c1ccccc1. The minimum absolute atomic E-state index is 0.362. The highest BCUT2D eigenvalue weighted by atomic mass is 16.2. The molecule has 0 unspecified atom stereocenters. The van der Waals surface area contributed by atoms with Crippen LogP contribution in [0, 0.1) is 6.92 Å². The van der Waals surface area contributed by atoms with Crippen LogP contribution in [0.2, 0.25) is 0 Å². The summed E-state index contributed by atoms with van der Waals surface area (Å²) in [6.45, 7) is 4.68. The third kappa shape index (κ3) is 2.54. The maximum atomic E-state index is 11.2. The van der Waals surface area contributed by atoms with Gasteiger partial charge in [-0.2, -0.15) is 0 Å². The van der Waals surface area contributed by atoms with Crippen molar-refractivity contribution in [3.05, 3.63) is 36.0 Å². The van der Waals surface area contributed by atoms with Crippen LogP contribution in [0.3, 0.4) is 0 Å². The minimum Gasteiger partial charge on any atom is -0.351 e. The third-order valence-electron chi connectivity index (χ3n) is 3.76. The van der Waals surface area contributed by atoms with Crippen LogP contribution >= 0.6 is 0 Å². The molecule has 2 heterocycles. The Balaban J connectivity index is 1.79. The van der Waals surface area contributed by atoms with Gasteiger partial charge in [0.25, 0.3) is 0 Å². The number of urea groups is 1.